The zero-order valence-corrected chi connectivity index (χ0v) is 68.1. The molecule has 18 aromatic carbocycles. The first-order valence-electron chi connectivity index (χ1n) is 41.5. The fourth-order valence-corrected chi connectivity index (χ4v) is 22.8. The predicted octanol–water partition coefficient (Wildman–Crippen LogP) is 29.7. The fourth-order valence-electron chi connectivity index (χ4n) is 19.8. The molecule has 3 aliphatic rings. The zero-order chi connectivity index (χ0) is 81.5. The summed E-state index contributed by atoms with van der Waals surface area (Å²) in [4.78, 5) is 4.89. The van der Waals surface area contributed by atoms with Gasteiger partial charge in [-0.15, -0.1) is 0 Å². The molecule has 0 N–H and O–H groups in total. The maximum Gasteiger partial charge on any atom is 0.123 e. The zero-order valence-electron chi connectivity index (χ0n) is 67.1. The minimum atomic E-state index is -2.42. The number of rotatable bonds is 18. The molecule has 2 aliphatic carbocycles. The van der Waals surface area contributed by atoms with Crippen LogP contribution in [0.2, 0.25) is 13.1 Å². The first-order valence-corrected chi connectivity index (χ1v) is 44.5. The Morgan fingerprint density at radius 3 is 0.843 bits per heavy atom. The van der Waals surface area contributed by atoms with Crippen LogP contribution in [-0.4, -0.2) is 8.07 Å². The molecule has 121 heavy (non-hydrogen) atoms. The van der Waals surface area contributed by atoms with Gasteiger partial charge in [-0.05, 0) is 275 Å². The molecule has 0 spiro atoms. The summed E-state index contributed by atoms with van der Waals surface area (Å²) in [5.41, 5.74) is 35.4. The molecule has 0 aromatic heterocycles. The van der Waals surface area contributed by atoms with Crippen LogP contribution in [0, 0.1) is 11.6 Å². The van der Waals surface area contributed by atoms with Crippen LogP contribution in [0.25, 0.3) is 112 Å². The summed E-state index contributed by atoms with van der Waals surface area (Å²) in [7, 11) is -2.42. The normalized spacial score (nSPS) is 14.8. The van der Waals surface area contributed by atoms with Crippen LogP contribution in [0.1, 0.15) is 55.6 Å². The summed E-state index contributed by atoms with van der Waals surface area (Å²) in [5.74, 6) is -0.578. The Labute approximate surface area is 707 Å². The van der Waals surface area contributed by atoms with Gasteiger partial charge in [-0.2, -0.15) is 0 Å². The summed E-state index contributed by atoms with van der Waals surface area (Å²) in [6, 6.07) is 153. The molecule has 1 heterocycles. The van der Waals surface area contributed by atoms with Crippen LogP contribution in [0.15, 0.2) is 438 Å². The lowest BCUT2D eigenvalue weighted by Crippen LogP contribution is -2.49. The largest absolute Gasteiger partial charge is 0.310 e. The van der Waals surface area contributed by atoms with E-state index in [4.69, 9.17) is 0 Å². The van der Waals surface area contributed by atoms with Crippen LogP contribution in [0.5, 0.6) is 0 Å². The summed E-state index contributed by atoms with van der Waals surface area (Å²) >= 11 is 0. The van der Waals surface area contributed by atoms with E-state index in [1.165, 1.54) is 32.6 Å². The number of nitrogens with zero attached hydrogens (tertiary/aromatic N) is 2. The molecule has 2 unspecified atom stereocenters. The first kappa shape index (κ1) is 73.7. The number of benzene rings is 18. The minimum Gasteiger partial charge on any atom is -0.310 e. The third kappa shape index (κ3) is 12.5. The Hall–Kier alpha value is -14.9. The lowest BCUT2D eigenvalue weighted by Gasteiger charge is -2.35. The van der Waals surface area contributed by atoms with Crippen molar-refractivity contribution in [3.05, 3.63) is 505 Å². The second-order valence-electron chi connectivity index (χ2n) is 32.6. The number of fused-ring (bicyclic) bond motifs is 9. The van der Waals surface area contributed by atoms with Crippen molar-refractivity contribution in [1.29, 1.82) is 0 Å². The highest BCUT2D eigenvalue weighted by molar-refractivity contribution is 7.03. The molecule has 1 aliphatic heterocycles. The average molecular weight is 1570 g/mol. The Balaban J connectivity index is 0.744. The Morgan fingerprint density at radius 1 is 0.223 bits per heavy atom. The van der Waals surface area contributed by atoms with E-state index in [1.54, 1.807) is 24.3 Å². The number of anilines is 6. The minimum absolute atomic E-state index is 0.289. The molecule has 2 atom stereocenters. The highest BCUT2D eigenvalue weighted by atomic mass is 28.3. The van der Waals surface area contributed by atoms with Gasteiger partial charge in [0.1, 0.15) is 19.7 Å². The molecule has 0 fully saturated rings. The molecule has 0 saturated carbocycles. The molecular weight excluding hydrogens is 1490 g/mol. The van der Waals surface area contributed by atoms with Crippen molar-refractivity contribution in [3.63, 3.8) is 0 Å². The van der Waals surface area contributed by atoms with Crippen LogP contribution in [-0.2, 0) is 10.8 Å². The van der Waals surface area contributed by atoms with Gasteiger partial charge in [-0.1, -0.05) is 354 Å². The molecular formula is C116H82F2N2Si. The van der Waals surface area contributed by atoms with E-state index in [2.05, 4.69) is 412 Å². The van der Waals surface area contributed by atoms with Crippen molar-refractivity contribution in [3.8, 4) is 100 Å². The summed E-state index contributed by atoms with van der Waals surface area (Å²) < 4.78 is 31.2. The second kappa shape index (κ2) is 29.9. The van der Waals surface area contributed by atoms with Gasteiger partial charge in [0.05, 0.1) is 10.8 Å². The van der Waals surface area contributed by atoms with E-state index in [-0.39, 0.29) is 11.6 Å². The van der Waals surface area contributed by atoms with Crippen LogP contribution < -0.4 is 20.2 Å². The summed E-state index contributed by atoms with van der Waals surface area (Å²) in [5, 5.41) is 2.73. The molecule has 5 heteroatoms. The van der Waals surface area contributed by atoms with E-state index in [1.807, 2.05) is 36.4 Å². The van der Waals surface area contributed by atoms with Gasteiger partial charge >= 0.3 is 0 Å². The highest BCUT2D eigenvalue weighted by Gasteiger charge is 2.49. The fraction of sp³-hybridized carbons (Fsp3) is 0.0345. The molecule has 21 rings (SSSR count). The van der Waals surface area contributed by atoms with Gasteiger partial charge < -0.3 is 9.80 Å². The standard InChI is InChI=1S/C116H82F2N2Si/c1-5-77-31-35-81(36-32-77)83-39-47-91(48-40-83)115(93-51-55-95(117)56-52-93)109-29-15-13-27-103(109)105-67-63-101(75-111(105)115)119(97-59-43-85(44-60-97)89-25-17-23-87(71-89)79-19-9-7-10-20-79)99-65-69-113-107(73-99)108-74-100(66-70-114(108)121(113,3)4)120(98-61-45-86(46-62-98)90-26-18-24-88(72-90)80-21-11-8-12-22-80)102-64-68-106-104-28-14-16-30-110(104)116(112(106)76-102,94-53-57-96(118)58-54-94)92-49-41-84(42-50-92)82-37-33-78(6-2)34-38-82/h5-76H,1-2H2,3-4H3. The third-order valence-electron chi connectivity index (χ3n) is 25.7. The van der Waals surface area contributed by atoms with Crippen molar-refractivity contribution in [2.75, 3.05) is 9.80 Å². The maximum atomic E-state index is 15.6. The van der Waals surface area contributed by atoms with E-state index in [0.29, 0.717) is 0 Å². The average Bonchev–Trinajstić information content (AvgIpc) is 1.54. The monoisotopic (exact) mass is 1570 g/mol. The molecule has 18 aromatic rings. The lowest BCUT2D eigenvalue weighted by atomic mass is 9.67. The molecule has 0 amide bonds. The van der Waals surface area contributed by atoms with Gasteiger partial charge in [0, 0.05) is 34.1 Å². The Morgan fingerprint density at radius 2 is 0.488 bits per heavy atom. The Kier molecular flexibility index (Phi) is 18.2. The quantitative estimate of drug-likeness (QED) is 0.0790. The van der Waals surface area contributed by atoms with Gasteiger partial charge in [0.25, 0.3) is 0 Å². The van der Waals surface area contributed by atoms with Crippen molar-refractivity contribution in [2.24, 2.45) is 0 Å². The Bertz CT molecular complexity index is 6620. The van der Waals surface area contributed by atoms with E-state index in [9.17, 15) is 0 Å². The molecule has 0 radical (unpaired) electrons. The number of halogens is 2. The van der Waals surface area contributed by atoms with E-state index in [0.717, 1.165) is 168 Å². The number of hydrogen-bond donors (Lipinski definition) is 0. The van der Waals surface area contributed by atoms with Crippen LogP contribution >= 0.6 is 0 Å². The van der Waals surface area contributed by atoms with E-state index < -0.39 is 18.9 Å². The number of hydrogen-bond acceptors (Lipinski definition) is 2. The van der Waals surface area contributed by atoms with Crippen molar-refractivity contribution < 1.29 is 8.78 Å². The second-order valence-corrected chi connectivity index (χ2v) is 36.9. The molecule has 574 valence electrons. The van der Waals surface area contributed by atoms with Crippen molar-refractivity contribution in [2.45, 2.75) is 23.9 Å². The van der Waals surface area contributed by atoms with Gasteiger partial charge in [0.15, 0.2) is 0 Å². The van der Waals surface area contributed by atoms with Crippen molar-refractivity contribution in [1.82, 2.24) is 0 Å². The molecule has 2 nitrogen and oxygen atoms in total. The third-order valence-corrected chi connectivity index (χ3v) is 29.3. The van der Waals surface area contributed by atoms with Crippen molar-refractivity contribution >= 4 is 64.7 Å². The topological polar surface area (TPSA) is 6.48 Å². The summed E-state index contributed by atoms with van der Waals surface area (Å²) in [6.07, 6.45) is 3.75. The lowest BCUT2D eigenvalue weighted by molar-refractivity contribution is 0.624. The van der Waals surface area contributed by atoms with Gasteiger partial charge in [-0.3, -0.25) is 0 Å². The maximum absolute atomic E-state index is 15.6. The predicted molar refractivity (Wildman–Crippen MR) is 505 cm³/mol. The van der Waals surface area contributed by atoms with Gasteiger partial charge in [-0.25, -0.2) is 8.78 Å². The van der Waals surface area contributed by atoms with Crippen LogP contribution in [0.4, 0.5) is 42.9 Å². The van der Waals surface area contributed by atoms with Crippen LogP contribution in [0.3, 0.4) is 0 Å². The summed E-state index contributed by atoms with van der Waals surface area (Å²) in [6.45, 7) is 13.0. The smallest absolute Gasteiger partial charge is 0.123 e. The first-order chi connectivity index (χ1) is 59.4. The highest BCUT2D eigenvalue weighted by Crippen LogP contribution is 2.60. The SMILES string of the molecule is C=Cc1ccc(-c2ccc(C3(c4ccc(F)cc4)c4ccccc4-c4ccc(N(c5ccc(-c6cccc(-c7ccccc7)c6)cc5)c5ccc6c(c5)-c5cc(N(c7ccc(-c8cccc(-c9ccccc9)c8)cc7)c7ccc8c(c7)C(c7ccc(F)cc7)(c7ccc(-c9ccc(C=C)cc9)cc7)c7ccccc7-8)ccc5[Si]6(C)C)cc43)cc2)cc1. The molecule has 0 bridgehead atoms. The molecule has 0 saturated heterocycles. The van der Waals surface area contributed by atoms with Gasteiger partial charge in [0.2, 0.25) is 0 Å². The van der Waals surface area contributed by atoms with E-state index >= 15 is 8.78 Å².